The molecule has 2 aliphatic rings. The van der Waals surface area contributed by atoms with Gasteiger partial charge in [0.1, 0.15) is 5.84 Å². The molecule has 0 aromatic heterocycles. The fourth-order valence-electron chi connectivity index (χ4n) is 3.27. The van der Waals surface area contributed by atoms with E-state index in [1.807, 2.05) is 4.90 Å². The number of amidine groups is 1. The second-order valence-electron chi connectivity index (χ2n) is 5.89. The minimum atomic E-state index is 0.128. The number of carbonyl (C=O) groups is 1. The molecule has 0 bridgehead atoms. The third-order valence-corrected chi connectivity index (χ3v) is 4.57. The summed E-state index contributed by atoms with van der Waals surface area (Å²) in [6.45, 7) is 1.48. The average molecular weight is 267 g/mol. The van der Waals surface area contributed by atoms with E-state index in [2.05, 4.69) is 5.16 Å². The Morgan fingerprint density at radius 2 is 1.79 bits per heavy atom. The van der Waals surface area contributed by atoms with Crippen molar-refractivity contribution >= 4 is 11.7 Å². The summed E-state index contributed by atoms with van der Waals surface area (Å²) >= 11 is 0. The maximum atomic E-state index is 12.2. The number of hydrogen-bond acceptors (Lipinski definition) is 3. The summed E-state index contributed by atoms with van der Waals surface area (Å²) in [6, 6.07) is 0. The van der Waals surface area contributed by atoms with Crippen LogP contribution in [-0.4, -0.2) is 34.9 Å². The summed E-state index contributed by atoms with van der Waals surface area (Å²) in [5, 5.41) is 11.7. The van der Waals surface area contributed by atoms with Gasteiger partial charge in [-0.1, -0.05) is 24.4 Å². The third kappa shape index (κ3) is 3.85. The average Bonchev–Trinajstić information content (AvgIpc) is 2.47. The van der Waals surface area contributed by atoms with E-state index in [0.717, 1.165) is 25.9 Å². The van der Waals surface area contributed by atoms with Crippen molar-refractivity contribution in [1.29, 1.82) is 0 Å². The van der Waals surface area contributed by atoms with Gasteiger partial charge in [-0.2, -0.15) is 0 Å². The molecule has 108 valence electrons. The Kier molecular flexibility index (Phi) is 5.05. The Hall–Kier alpha value is -1.26. The van der Waals surface area contributed by atoms with Gasteiger partial charge < -0.3 is 15.8 Å². The van der Waals surface area contributed by atoms with E-state index in [4.69, 9.17) is 10.9 Å². The van der Waals surface area contributed by atoms with Gasteiger partial charge in [0.05, 0.1) is 0 Å². The molecule has 2 rings (SSSR count). The standard InChI is InChI=1S/C14H25N3O2/c15-14(16-19)12-6-8-17(9-7-12)13(18)10-11-4-2-1-3-5-11/h11-12,19H,1-10H2,(H2,15,16). The van der Waals surface area contributed by atoms with Gasteiger partial charge in [-0.05, 0) is 31.6 Å². The number of rotatable bonds is 3. The van der Waals surface area contributed by atoms with Crippen molar-refractivity contribution in [2.75, 3.05) is 13.1 Å². The first-order valence-electron chi connectivity index (χ1n) is 7.46. The lowest BCUT2D eigenvalue weighted by Crippen LogP contribution is -2.42. The molecular weight excluding hydrogens is 242 g/mol. The van der Waals surface area contributed by atoms with Crippen molar-refractivity contribution in [3.8, 4) is 0 Å². The van der Waals surface area contributed by atoms with Crippen LogP contribution in [0.4, 0.5) is 0 Å². The van der Waals surface area contributed by atoms with Gasteiger partial charge in [0.15, 0.2) is 0 Å². The number of nitrogens with two attached hydrogens (primary N) is 1. The largest absolute Gasteiger partial charge is 0.409 e. The van der Waals surface area contributed by atoms with Crippen LogP contribution in [0.1, 0.15) is 51.4 Å². The number of amides is 1. The molecule has 0 aromatic rings. The van der Waals surface area contributed by atoms with Crippen LogP contribution in [-0.2, 0) is 4.79 Å². The van der Waals surface area contributed by atoms with Crippen molar-refractivity contribution in [3.63, 3.8) is 0 Å². The molecule has 5 heteroatoms. The van der Waals surface area contributed by atoms with Gasteiger partial charge in [-0.15, -0.1) is 0 Å². The summed E-state index contributed by atoms with van der Waals surface area (Å²) in [7, 11) is 0. The first kappa shape index (κ1) is 14.2. The topological polar surface area (TPSA) is 78.9 Å². The molecule has 1 saturated heterocycles. The molecule has 5 nitrogen and oxygen atoms in total. The summed E-state index contributed by atoms with van der Waals surface area (Å²) in [5.41, 5.74) is 5.62. The Labute approximate surface area is 114 Å². The number of nitrogens with zero attached hydrogens (tertiary/aromatic N) is 2. The third-order valence-electron chi connectivity index (χ3n) is 4.57. The number of hydrogen-bond donors (Lipinski definition) is 2. The Balaban J connectivity index is 1.75. The highest BCUT2D eigenvalue weighted by molar-refractivity contribution is 5.83. The highest BCUT2D eigenvalue weighted by Crippen LogP contribution is 2.27. The number of oxime groups is 1. The van der Waals surface area contributed by atoms with Gasteiger partial charge in [0, 0.05) is 25.4 Å². The second kappa shape index (κ2) is 6.78. The summed E-state index contributed by atoms with van der Waals surface area (Å²) in [6.07, 6.45) is 8.66. The maximum Gasteiger partial charge on any atom is 0.222 e. The van der Waals surface area contributed by atoms with Crippen LogP contribution < -0.4 is 5.73 Å². The van der Waals surface area contributed by atoms with E-state index in [1.165, 1.54) is 32.1 Å². The van der Waals surface area contributed by atoms with Crippen molar-refractivity contribution in [3.05, 3.63) is 0 Å². The second-order valence-corrected chi connectivity index (χ2v) is 5.89. The SMILES string of the molecule is NC(=NO)C1CCN(C(=O)CC2CCCCC2)CC1. The minimum absolute atomic E-state index is 0.128. The van der Waals surface area contributed by atoms with Gasteiger partial charge in [0.2, 0.25) is 5.91 Å². The smallest absolute Gasteiger partial charge is 0.222 e. The number of piperidine rings is 1. The molecule has 1 aliphatic heterocycles. The number of likely N-dealkylation sites (tertiary alicyclic amines) is 1. The maximum absolute atomic E-state index is 12.2. The highest BCUT2D eigenvalue weighted by atomic mass is 16.4. The van der Waals surface area contributed by atoms with E-state index in [0.29, 0.717) is 24.1 Å². The van der Waals surface area contributed by atoms with E-state index in [9.17, 15) is 4.79 Å². The highest BCUT2D eigenvalue weighted by Gasteiger charge is 2.27. The van der Waals surface area contributed by atoms with E-state index in [1.54, 1.807) is 0 Å². The lowest BCUT2D eigenvalue weighted by atomic mass is 9.86. The zero-order valence-corrected chi connectivity index (χ0v) is 11.6. The molecule has 19 heavy (non-hydrogen) atoms. The van der Waals surface area contributed by atoms with Gasteiger partial charge in [0.25, 0.3) is 0 Å². The van der Waals surface area contributed by atoms with Gasteiger partial charge >= 0.3 is 0 Å². The number of carbonyl (C=O) groups excluding carboxylic acids is 1. The molecule has 1 aliphatic carbocycles. The minimum Gasteiger partial charge on any atom is -0.409 e. The fraction of sp³-hybridized carbons (Fsp3) is 0.857. The molecule has 0 atom stereocenters. The molecular formula is C14H25N3O2. The predicted octanol–water partition coefficient (Wildman–Crippen LogP) is 1.94. The quantitative estimate of drug-likeness (QED) is 0.355. The first-order chi connectivity index (χ1) is 9.20. The van der Waals surface area contributed by atoms with Crippen molar-refractivity contribution < 1.29 is 10.0 Å². The normalized spacial score (nSPS) is 23.6. The fourth-order valence-corrected chi connectivity index (χ4v) is 3.27. The first-order valence-corrected chi connectivity index (χ1v) is 7.46. The van der Waals surface area contributed by atoms with Crippen molar-refractivity contribution in [2.45, 2.75) is 51.4 Å². The van der Waals surface area contributed by atoms with Crippen LogP contribution in [0, 0.1) is 11.8 Å². The summed E-state index contributed by atoms with van der Waals surface area (Å²) in [5.74, 6) is 1.33. The zero-order chi connectivity index (χ0) is 13.7. The lowest BCUT2D eigenvalue weighted by molar-refractivity contribution is -0.133. The molecule has 1 amide bonds. The summed E-state index contributed by atoms with van der Waals surface area (Å²) < 4.78 is 0. The van der Waals surface area contributed by atoms with Crippen molar-refractivity contribution in [1.82, 2.24) is 4.90 Å². The summed E-state index contributed by atoms with van der Waals surface area (Å²) in [4.78, 5) is 14.2. The van der Waals surface area contributed by atoms with Crippen LogP contribution in [0.15, 0.2) is 5.16 Å². The van der Waals surface area contributed by atoms with Gasteiger partial charge in [-0.25, -0.2) is 0 Å². The molecule has 3 N–H and O–H groups in total. The molecule has 0 radical (unpaired) electrons. The lowest BCUT2D eigenvalue weighted by Gasteiger charge is -2.33. The van der Waals surface area contributed by atoms with Crippen LogP contribution >= 0.6 is 0 Å². The zero-order valence-electron chi connectivity index (χ0n) is 11.6. The Morgan fingerprint density at radius 1 is 1.16 bits per heavy atom. The molecule has 0 aromatic carbocycles. The molecule has 0 spiro atoms. The van der Waals surface area contributed by atoms with Crippen LogP contribution in [0.3, 0.4) is 0 Å². The van der Waals surface area contributed by atoms with E-state index in [-0.39, 0.29) is 5.92 Å². The predicted molar refractivity (Wildman–Crippen MR) is 73.9 cm³/mol. The molecule has 1 heterocycles. The van der Waals surface area contributed by atoms with Gasteiger partial charge in [-0.3, -0.25) is 4.79 Å². The molecule has 0 unspecified atom stereocenters. The van der Waals surface area contributed by atoms with Crippen molar-refractivity contribution in [2.24, 2.45) is 22.7 Å². The molecule has 1 saturated carbocycles. The Morgan fingerprint density at radius 3 is 2.37 bits per heavy atom. The van der Waals surface area contributed by atoms with Crippen LogP contribution in [0.2, 0.25) is 0 Å². The van der Waals surface area contributed by atoms with E-state index < -0.39 is 0 Å². The van der Waals surface area contributed by atoms with Crippen LogP contribution in [0.5, 0.6) is 0 Å². The molecule has 2 fully saturated rings. The van der Waals surface area contributed by atoms with Crippen LogP contribution in [0.25, 0.3) is 0 Å². The monoisotopic (exact) mass is 267 g/mol. The Bertz CT molecular complexity index is 330. The van der Waals surface area contributed by atoms with E-state index >= 15 is 0 Å².